The fourth-order valence-corrected chi connectivity index (χ4v) is 5.07. The number of rotatable bonds is 7. The number of para-hydroxylation sites is 1. The van der Waals surface area contributed by atoms with E-state index in [2.05, 4.69) is 5.10 Å². The Bertz CT molecular complexity index is 1230. The lowest BCUT2D eigenvalue weighted by molar-refractivity contribution is 0.0703. The average Bonchev–Trinajstić information content (AvgIpc) is 3.30. The number of anilines is 2. The lowest BCUT2D eigenvalue weighted by atomic mass is 10.2. The Balaban J connectivity index is 2.15. The Morgan fingerprint density at radius 1 is 1.27 bits per heavy atom. The van der Waals surface area contributed by atoms with E-state index in [0.29, 0.717) is 21.7 Å². The highest BCUT2D eigenvalue weighted by Gasteiger charge is 2.25. The fourth-order valence-electron chi connectivity index (χ4n) is 2.63. The van der Waals surface area contributed by atoms with Gasteiger partial charge >= 0.3 is 16.2 Å². The number of nitrogens with zero attached hydrogens (tertiary/aromatic N) is 4. The van der Waals surface area contributed by atoms with E-state index in [1.807, 2.05) is 0 Å². The SMILES string of the molecule is Cc1ccccc1N(c1cc(-c2cnn(S(=O)(=O)N(C)C)c2)sc1C(=O)O)S(=O)[O-]. The summed E-state index contributed by atoms with van der Waals surface area (Å²) in [7, 11) is -1.14. The van der Waals surface area contributed by atoms with Gasteiger partial charge in [0.15, 0.2) is 0 Å². The molecule has 0 spiro atoms. The molecule has 2 aromatic heterocycles. The summed E-state index contributed by atoms with van der Waals surface area (Å²) in [6, 6.07) is 8.04. The van der Waals surface area contributed by atoms with Gasteiger partial charge in [-0.3, -0.25) is 8.51 Å². The minimum Gasteiger partial charge on any atom is -0.755 e. The molecule has 160 valence electrons. The van der Waals surface area contributed by atoms with Gasteiger partial charge in [-0.2, -0.15) is 21.9 Å². The predicted octanol–water partition coefficient (Wildman–Crippen LogP) is 2.20. The standard InChI is InChI=1S/C17H18N4O6S3/c1-11-6-4-5-7-13(11)21(29(24)25)14-8-15(28-16(14)17(22)23)12-9-18-20(10-12)30(26,27)19(2)3/h4-10H,1-3H3,(H,22,23)(H,24,25)/p-1. The minimum absolute atomic E-state index is 0.0478. The van der Waals surface area contributed by atoms with Crippen molar-refractivity contribution in [2.45, 2.75) is 6.92 Å². The van der Waals surface area contributed by atoms with Gasteiger partial charge in [0.25, 0.3) is 0 Å². The zero-order chi connectivity index (χ0) is 22.2. The van der Waals surface area contributed by atoms with Crippen LogP contribution in [0.4, 0.5) is 11.4 Å². The molecule has 1 N–H and O–H groups in total. The predicted molar refractivity (Wildman–Crippen MR) is 113 cm³/mol. The molecule has 1 atom stereocenters. The fraction of sp³-hybridized carbons (Fsp3) is 0.176. The molecule has 2 heterocycles. The van der Waals surface area contributed by atoms with Crippen LogP contribution in [-0.2, 0) is 21.5 Å². The molecule has 0 radical (unpaired) electrons. The highest BCUT2D eigenvalue weighted by Crippen LogP contribution is 2.41. The minimum atomic E-state index is -3.84. The zero-order valence-corrected chi connectivity index (χ0v) is 18.5. The van der Waals surface area contributed by atoms with E-state index in [0.717, 1.165) is 24.0 Å². The van der Waals surface area contributed by atoms with Crippen molar-refractivity contribution in [3.63, 3.8) is 0 Å². The summed E-state index contributed by atoms with van der Waals surface area (Å²) in [6.45, 7) is 1.71. The molecule has 0 aliphatic heterocycles. The van der Waals surface area contributed by atoms with E-state index in [1.54, 1.807) is 31.2 Å². The van der Waals surface area contributed by atoms with E-state index in [9.17, 15) is 27.1 Å². The van der Waals surface area contributed by atoms with Gasteiger partial charge in [-0.1, -0.05) is 18.2 Å². The summed E-state index contributed by atoms with van der Waals surface area (Å²) in [5.41, 5.74) is 1.23. The maximum atomic E-state index is 12.2. The number of aromatic nitrogens is 2. The Morgan fingerprint density at radius 3 is 2.50 bits per heavy atom. The number of carboxylic acid groups (broad SMARTS) is 1. The topological polar surface area (TPSA) is 136 Å². The molecule has 30 heavy (non-hydrogen) atoms. The molecule has 0 aliphatic carbocycles. The van der Waals surface area contributed by atoms with Crippen LogP contribution in [0.2, 0.25) is 0 Å². The molecule has 1 aromatic carbocycles. The summed E-state index contributed by atoms with van der Waals surface area (Å²) in [6.07, 6.45) is 2.51. The molecule has 3 aromatic rings. The van der Waals surface area contributed by atoms with Gasteiger partial charge < -0.3 is 9.66 Å². The second kappa shape index (κ2) is 8.28. The van der Waals surface area contributed by atoms with Crippen LogP contribution in [-0.4, -0.2) is 55.8 Å². The van der Waals surface area contributed by atoms with Gasteiger partial charge in [-0.15, -0.1) is 11.3 Å². The van der Waals surface area contributed by atoms with Crippen molar-refractivity contribution in [1.82, 2.24) is 13.5 Å². The summed E-state index contributed by atoms with van der Waals surface area (Å²) in [5, 5.41) is 13.5. The summed E-state index contributed by atoms with van der Waals surface area (Å²) in [4.78, 5) is 12.0. The van der Waals surface area contributed by atoms with Crippen molar-refractivity contribution in [2.24, 2.45) is 0 Å². The van der Waals surface area contributed by atoms with Crippen molar-refractivity contribution in [3.05, 3.63) is 53.2 Å². The van der Waals surface area contributed by atoms with Crippen LogP contribution in [0, 0.1) is 6.92 Å². The van der Waals surface area contributed by atoms with E-state index in [4.69, 9.17) is 0 Å². The Hall–Kier alpha value is -2.58. The highest BCUT2D eigenvalue weighted by atomic mass is 32.2. The van der Waals surface area contributed by atoms with Crippen LogP contribution >= 0.6 is 11.3 Å². The quantitative estimate of drug-likeness (QED) is 0.524. The molecule has 0 fully saturated rings. The third-order valence-corrected chi connectivity index (χ3v) is 7.60. The van der Waals surface area contributed by atoms with Crippen LogP contribution in [0.25, 0.3) is 10.4 Å². The molecule has 10 nitrogen and oxygen atoms in total. The van der Waals surface area contributed by atoms with Crippen molar-refractivity contribution in [2.75, 3.05) is 18.4 Å². The van der Waals surface area contributed by atoms with E-state index >= 15 is 0 Å². The van der Waals surface area contributed by atoms with E-state index in [1.165, 1.54) is 32.6 Å². The first kappa shape index (κ1) is 22.1. The van der Waals surface area contributed by atoms with E-state index < -0.39 is 27.4 Å². The Kier molecular flexibility index (Phi) is 6.10. The van der Waals surface area contributed by atoms with Gasteiger partial charge in [0.1, 0.15) is 4.88 Å². The summed E-state index contributed by atoms with van der Waals surface area (Å²) < 4.78 is 51.1. The van der Waals surface area contributed by atoms with Crippen LogP contribution in [0.1, 0.15) is 15.2 Å². The summed E-state index contributed by atoms with van der Waals surface area (Å²) >= 11 is -1.97. The van der Waals surface area contributed by atoms with Crippen molar-refractivity contribution in [3.8, 4) is 10.4 Å². The van der Waals surface area contributed by atoms with Crippen molar-refractivity contribution >= 4 is 50.2 Å². The van der Waals surface area contributed by atoms with Crippen LogP contribution in [0.5, 0.6) is 0 Å². The maximum absolute atomic E-state index is 12.2. The lowest BCUT2D eigenvalue weighted by Gasteiger charge is -2.27. The smallest absolute Gasteiger partial charge is 0.348 e. The number of hydrogen-bond acceptors (Lipinski definition) is 7. The highest BCUT2D eigenvalue weighted by molar-refractivity contribution is 7.87. The molecule has 13 heteroatoms. The average molecular weight is 470 g/mol. The third kappa shape index (κ3) is 4.02. The molecule has 0 aliphatic rings. The number of aryl methyl sites for hydroxylation is 1. The Labute approximate surface area is 179 Å². The van der Waals surface area contributed by atoms with Crippen LogP contribution in [0.15, 0.2) is 42.7 Å². The number of benzene rings is 1. The Morgan fingerprint density at radius 2 is 1.93 bits per heavy atom. The number of carbonyl (C=O) groups is 1. The third-order valence-electron chi connectivity index (χ3n) is 4.15. The second-order valence-electron chi connectivity index (χ2n) is 6.32. The molecular weight excluding hydrogens is 452 g/mol. The maximum Gasteiger partial charge on any atom is 0.348 e. The van der Waals surface area contributed by atoms with Gasteiger partial charge in [-0.05, 0) is 24.6 Å². The van der Waals surface area contributed by atoms with Gasteiger partial charge in [-0.25, -0.2) is 4.79 Å². The number of carboxylic acids is 1. The van der Waals surface area contributed by atoms with Crippen molar-refractivity contribution in [1.29, 1.82) is 0 Å². The van der Waals surface area contributed by atoms with Gasteiger partial charge in [0.2, 0.25) is 0 Å². The second-order valence-corrected chi connectivity index (χ2v) is 10.2. The monoisotopic (exact) mass is 469 g/mol. The lowest BCUT2D eigenvalue weighted by Crippen LogP contribution is -2.29. The number of hydrogen-bond donors (Lipinski definition) is 1. The normalized spacial score (nSPS) is 12.8. The van der Waals surface area contributed by atoms with Crippen molar-refractivity contribution < 1.29 is 27.1 Å². The first-order valence-corrected chi connectivity index (χ1v) is 11.6. The largest absolute Gasteiger partial charge is 0.755 e. The van der Waals surface area contributed by atoms with E-state index in [-0.39, 0.29) is 10.6 Å². The summed E-state index contributed by atoms with van der Waals surface area (Å²) in [5.74, 6) is -1.31. The van der Waals surface area contributed by atoms with Gasteiger partial charge in [0, 0.05) is 24.5 Å². The first-order chi connectivity index (χ1) is 14.0. The molecule has 3 rings (SSSR count). The molecule has 0 saturated heterocycles. The molecular formula is C17H17N4O6S3-. The van der Waals surface area contributed by atoms with Gasteiger partial charge in [0.05, 0.1) is 35.0 Å². The van der Waals surface area contributed by atoms with Crippen LogP contribution < -0.4 is 4.31 Å². The number of thiophene rings is 1. The molecule has 0 saturated carbocycles. The number of aromatic carboxylic acids is 1. The molecule has 0 amide bonds. The molecule has 0 bridgehead atoms. The first-order valence-electron chi connectivity index (χ1n) is 8.34. The van der Waals surface area contributed by atoms with Crippen LogP contribution in [0.3, 0.4) is 0 Å². The zero-order valence-electron chi connectivity index (χ0n) is 16.0. The molecule has 1 unspecified atom stereocenters.